The number of imide groups is 2. The van der Waals surface area contributed by atoms with E-state index in [1.807, 2.05) is 6.92 Å². The first-order valence-electron chi connectivity index (χ1n) is 10.5. The number of nitrogens with zero attached hydrogens (tertiary/aromatic N) is 2. The number of rotatable bonds is 6. The van der Waals surface area contributed by atoms with Crippen LogP contribution in [-0.2, 0) is 9.59 Å². The van der Waals surface area contributed by atoms with E-state index in [0.29, 0.717) is 33.8 Å². The summed E-state index contributed by atoms with van der Waals surface area (Å²) in [5.74, 6) is -0.677. The molecular formula is C26H21BrN2O4. The largest absolute Gasteiger partial charge is 0.492 e. The minimum atomic E-state index is -0.718. The van der Waals surface area contributed by atoms with Gasteiger partial charge >= 0.3 is 6.03 Å². The van der Waals surface area contributed by atoms with Gasteiger partial charge in [0.15, 0.2) is 0 Å². The van der Waals surface area contributed by atoms with Gasteiger partial charge in [0, 0.05) is 0 Å². The Kier molecular flexibility index (Phi) is 6.70. The molecule has 0 saturated carbocycles. The summed E-state index contributed by atoms with van der Waals surface area (Å²) >= 11 is 3.48. The van der Waals surface area contributed by atoms with Crippen molar-refractivity contribution < 1.29 is 19.1 Å². The van der Waals surface area contributed by atoms with Crippen molar-refractivity contribution in [3.8, 4) is 5.75 Å². The lowest BCUT2D eigenvalue weighted by molar-refractivity contribution is -0.121. The summed E-state index contributed by atoms with van der Waals surface area (Å²) in [6.07, 6.45) is 2.37. The summed E-state index contributed by atoms with van der Waals surface area (Å²) < 4.78 is 6.38. The third-order valence-electron chi connectivity index (χ3n) is 5.01. The minimum Gasteiger partial charge on any atom is -0.492 e. The maximum atomic E-state index is 13.4. The predicted octanol–water partition coefficient (Wildman–Crippen LogP) is 5.82. The summed E-state index contributed by atoms with van der Waals surface area (Å²) in [6.45, 7) is 2.60. The van der Waals surface area contributed by atoms with E-state index in [0.717, 1.165) is 16.2 Å². The molecule has 7 heteroatoms. The summed E-state index contributed by atoms with van der Waals surface area (Å²) in [6, 6.07) is 21.7. The maximum absolute atomic E-state index is 13.4. The van der Waals surface area contributed by atoms with Crippen LogP contribution < -0.4 is 14.5 Å². The average molecular weight is 505 g/mol. The molecule has 0 aromatic heterocycles. The normalized spacial score (nSPS) is 14.0. The van der Waals surface area contributed by atoms with E-state index in [2.05, 4.69) is 15.9 Å². The van der Waals surface area contributed by atoms with E-state index in [1.165, 1.54) is 6.08 Å². The lowest BCUT2D eigenvalue weighted by Crippen LogP contribution is -2.57. The van der Waals surface area contributed by atoms with Gasteiger partial charge in [-0.15, -0.1) is 0 Å². The van der Waals surface area contributed by atoms with Crippen LogP contribution in [-0.4, -0.2) is 24.5 Å². The summed E-state index contributed by atoms with van der Waals surface area (Å²) in [7, 11) is 0. The Hall–Kier alpha value is -3.71. The molecule has 1 aliphatic rings. The lowest BCUT2D eigenvalue weighted by Gasteiger charge is -2.33. The smallest absolute Gasteiger partial charge is 0.343 e. The van der Waals surface area contributed by atoms with Gasteiger partial charge in [-0.25, -0.2) is 14.6 Å². The molecule has 6 nitrogen and oxygen atoms in total. The monoisotopic (exact) mass is 504 g/mol. The zero-order valence-electron chi connectivity index (χ0n) is 17.9. The number of carbonyl (C=O) groups excluding carboxylic acids is 3. The molecule has 0 radical (unpaired) electrons. The number of hydrogen-bond donors (Lipinski definition) is 0. The molecule has 166 valence electrons. The van der Waals surface area contributed by atoms with Crippen molar-refractivity contribution in [3.63, 3.8) is 0 Å². The number of barbiturate groups is 1. The van der Waals surface area contributed by atoms with Gasteiger partial charge in [-0.05, 0) is 70.4 Å². The zero-order chi connectivity index (χ0) is 23.4. The Balaban J connectivity index is 1.79. The summed E-state index contributed by atoms with van der Waals surface area (Å²) in [5, 5.41) is 0. The molecule has 1 aliphatic heterocycles. The van der Waals surface area contributed by atoms with Gasteiger partial charge in [0.1, 0.15) is 11.3 Å². The Morgan fingerprint density at radius 2 is 1.36 bits per heavy atom. The highest BCUT2D eigenvalue weighted by Gasteiger charge is 2.43. The lowest BCUT2D eigenvalue weighted by atomic mass is 10.0. The highest BCUT2D eigenvalue weighted by molar-refractivity contribution is 9.10. The van der Waals surface area contributed by atoms with Crippen molar-refractivity contribution in [2.45, 2.75) is 13.3 Å². The first-order chi connectivity index (χ1) is 16.0. The van der Waals surface area contributed by atoms with E-state index in [4.69, 9.17) is 4.74 Å². The van der Waals surface area contributed by atoms with Crippen LogP contribution in [0.25, 0.3) is 6.08 Å². The van der Waals surface area contributed by atoms with Crippen molar-refractivity contribution in [2.75, 3.05) is 16.4 Å². The van der Waals surface area contributed by atoms with Crippen LogP contribution >= 0.6 is 15.9 Å². The van der Waals surface area contributed by atoms with E-state index >= 15 is 0 Å². The molecule has 4 amide bonds. The fraction of sp³-hybridized carbons (Fsp3) is 0.115. The summed E-state index contributed by atoms with van der Waals surface area (Å²) in [4.78, 5) is 42.1. The number of para-hydroxylation sites is 2. The van der Waals surface area contributed by atoms with Crippen LogP contribution in [0, 0.1) is 0 Å². The fourth-order valence-corrected chi connectivity index (χ4v) is 3.95. The highest BCUT2D eigenvalue weighted by Crippen LogP contribution is 2.31. The number of ether oxygens (including phenoxy) is 1. The molecule has 0 bridgehead atoms. The second kappa shape index (κ2) is 9.83. The molecule has 1 heterocycles. The first kappa shape index (κ1) is 22.5. The van der Waals surface area contributed by atoms with Crippen LogP contribution in [0.2, 0.25) is 0 Å². The quantitative estimate of drug-likeness (QED) is 0.313. The van der Waals surface area contributed by atoms with Crippen molar-refractivity contribution in [3.05, 3.63) is 94.5 Å². The molecule has 0 spiro atoms. The van der Waals surface area contributed by atoms with Crippen molar-refractivity contribution in [1.29, 1.82) is 0 Å². The number of urea groups is 1. The van der Waals surface area contributed by atoms with E-state index in [-0.39, 0.29) is 5.57 Å². The molecule has 3 aromatic carbocycles. The van der Waals surface area contributed by atoms with Crippen LogP contribution in [0.15, 0.2) is 88.9 Å². The van der Waals surface area contributed by atoms with Gasteiger partial charge in [0.05, 0.1) is 22.5 Å². The highest BCUT2D eigenvalue weighted by atomic mass is 79.9. The van der Waals surface area contributed by atoms with Crippen LogP contribution in [0.3, 0.4) is 0 Å². The number of halogens is 1. The Morgan fingerprint density at radius 3 is 1.85 bits per heavy atom. The third-order valence-corrected chi connectivity index (χ3v) is 5.63. The van der Waals surface area contributed by atoms with Gasteiger partial charge in [0.25, 0.3) is 11.8 Å². The molecular weight excluding hydrogens is 484 g/mol. The van der Waals surface area contributed by atoms with E-state index < -0.39 is 17.8 Å². The van der Waals surface area contributed by atoms with Gasteiger partial charge in [-0.1, -0.05) is 49.4 Å². The third kappa shape index (κ3) is 4.59. The van der Waals surface area contributed by atoms with Crippen LogP contribution in [0.4, 0.5) is 16.2 Å². The van der Waals surface area contributed by atoms with Crippen molar-refractivity contribution in [1.82, 2.24) is 0 Å². The molecule has 0 aliphatic carbocycles. The number of carbonyl (C=O) groups is 3. The first-order valence-corrected chi connectivity index (χ1v) is 11.3. The Morgan fingerprint density at radius 1 is 0.818 bits per heavy atom. The Bertz CT molecular complexity index is 1160. The van der Waals surface area contributed by atoms with Crippen molar-refractivity contribution in [2.24, 2.45) is 0 Å². The molecule has 0 unspecified atom stereocenters. The molecule has 4 rings (SSSR count). The molecule has 1 fully saturated rings. The van der Waals surface area contributed by atoms with E-state index in [1.54, 1.807) is 78.9 Å². The van der Waals surface area contributed by atoms with Gasteiger partial charge in [-0.3, -0.25) is 9.59 Å². The van der Waals surface area contributed by atoms with Gasteiger partial charge in [-0.2, -0.15) is 0 Å². The second-order valence-corrected chi connectivity index (χ2v) is 8.19. The average Bonchev–Trinajstić information content (AvgIpc) is 2.83. The number of anilines is 2. The topological polar surface area (TPSA) is 66.9 Å². The Labute approximate surface area is 200 Å². The van der Waals surface area contributed by atoms with Gasteiger partial charge < -0.3 is 4.74 Å². The molecule has 33 heavy (non-hydrogen) atoms. The van der Waals surface area contributed by atoms with E-state index in [9.17, 15) is 14.4 Å². The number of hydrogen-bond acceptors (Lipinski definition) is 4. The number of benzene rings is 3. The molecule has 3 aromatic rings. The number of amides is 4. The minimum absolute atomic E-state index is 0.114. The molecule has 0 N–H and O–H groups in total. The molecule has 0 atom stereocenters. The summed E-state index contributed by atoms with van der Waals surface area (Å²) in [5.41, 5.74) is 1.28. The maximum Gasteiger partial charge on any atom is 0.343 e. The van der Waals surface area contributed by atoms with Crippen LogP contribution in [0.5, 0.6) is 5.75 Å². The fourth-order valence-electron chi connectivity index (χ4n) is 3.44. The zero-order valence-corrected chi connectivity index (χ0v) is 19.5. The predicted molar refractivity (Wildman–Crippen MR) is 131 cm³/mol. The molecule has 1 saturated heterocycles. The SMILES string of the molecule is CCCOc1ccc(C=C2C(=O)N(c3ccccc3)C(=O)N(c3ccccc3)C2=O)cc1Br. The standard InChI is InChI=1S/C26H21BrN2O4/c1-2-15-33-23-14-13-18(17-22(23)27)16-21-24(30)28(19-9-5-3-6-10-19)26(32)29(25(21)31)20-11-7-4-8-12-20/h3-14,16-17H,2,15H2,1H3. The van der Waals surface area contributed by atoms with Gasteiger partial charge in [0.2, 0.25) is 0 Å². The van der Waals surface area contributed by atoms with Crippen molar-refractivity contribution >= 4 is 51.2 Å². The second-order valence-electron chi connectivity index (χ2n) is 7.33. The van der Waals surface area contributed by atoms with Crippen LogP contribution in [0.1, 0.15) is 18.9 Å².